The molecule has 8 heteroatoms. The van der Waals surface area contributed by atoms with E-state index in [0.29, 0.717) is 27.6 Å². The Bertz CT molecular complexity index is 1280. The normalized spacial score (nSPS) is 14.8. The first-order chi connectivity index (χ1) is 16.7. The van der Waals surface area contributed by atoms with Gasteiger partial charge < -0.3 is 14.9 Å². The molecule has 1 aliphatic heterocycles. The van der Waals surface area contributed by atoms with E-state index >= 15 is 0 Å². The van der Waals surface area contributed by atoms with E-state index in [-0.39, 0.29) is 19.0 Å². The first-order valence-corrected chi connectivity index (χ1v) is 11.9. The highest BCUT2D eigenvalue weighted by molar-refractivity contribution is 6.42. The molecule has 1 heterocycles. The summed E-state index contributed by atoms with van der Waals surface area (Å²) in [5, 5.41) is 10.2. The van der Waals surface area contributed by atoms with Gasteiger partial charge in [0.25, 0.3) is 5.91 Å². The number of nitrogens with zero attached hydrogens (tertiary/aromatic N) is 2. The fourth-order valence-corrected chi connectivity index (χ4v) is 4.58. The predicted octanol–water partition coefficient (Wildman–Crippen LogP) is 4.98. The molecule has 6 nitrogen and oxygen atoms in total. The maximum atomic E-state index is 13.8. The summed E-state index contributed by atoms with van der Waals surface area (Å²) < 4.78 is 0. The number of halogens is 2. The average molecular weight is 511 g/mol. The molecule has 0 radical (unpaired) electrons. The van der Waals surface area contributed by atoms with Crippen LogP contribution in [0.3, 0.4) is 0 Å². The van der Waals surface area contributed by atoms with Crippen LogP contribution in [0.1, 0.15) is 32.6 Å². The summed E-state index contributed by atoms with van der Waals surface area (Å²) in [6, 6.07) is 18.9. The third-order valence-corrected chi connectivity index (χ3v) is 6.83. The van der Waals surface area contributed by atoms with Crippen LogP contribution in [-0.2, 0) is 29.1 Å². The highest BCUT2D eigenvalue weighted by atomic mass is 35.5. The van der Waals surface area contributed by atoms with E-state index in [9.17, 15) is 19.5 Å². The molecule has 2 amide bonds. The molecule has 3 aromatic carbocycles. The largest absolute Gasteiger partial charge is 0.480 e. The molecular formula is C27H24Cl2N2O4. The molecule has 3 aromatic rings. The maximum Gasteiger partial charge on any atom is 0.323 e. The second kappa shape index (κ2) is 10.5. The highest BCUT2D eigenvalue weighted by Gasteiger charge is 2.37. The number of fused-ring (bicyclic) bond motifs is 1. The molecule has 0 saturated carbocycles. The smallest absolute Gasteiger partial charge is 0.323 e. The molecule has 0 aromatic heterocycles. The number of carboxylic acid groups (broad SMARTS) is 1. The SMILES string of the molecule is Cc1ccc(C(=O)N2Cc3ccccc3C[C@H]2C(=O)N(CC(=O)O)Cc2ccc(Cl)c(Cl)c2)cc1. The molecular weight excluding hydrogens is 487 g/mol. The number of amides is 2. The second-order valence-electron chi connectivity index (χ2n) is 8.62. The van der Waals surface area contributed by atoms with Gasteiger partial charge in [0, 0.05) is 25.1 Å². The van der Waals surface area contributed by atoms with E-state index in [0.717, 1.165) is 16.7 Å². The summed E-state index contributed by atoms with van der Waals surface area (Å²) in [7, 11) is 0. The second-order valence-corrected chi connectivity index (χ2v) is 9.44. The topological polar surface area (TPSA) is 77.9 Å². The molecule has 0 aliphatic carbocycles. The Hall–Kier alpha value is -3.35. The van der Waals surface area contributed by atoms with Crippen LogP contribution >= 0.6 is 23.2 Å². The van der Waals surface area contributed by atoms with Crippen LogP contribution in [0.25, 0.3) is 0 Å². The third-order valence-electron chi connectivity index (χ3n) is 6.09. The standard InChI is InChI=1S/C27H24Cl2N2O4/c1-17-6-9-19(10-7-17)26(34)31-15-21-5-3-2-4-20(21)13-24(31)27(35)30(16-25(32)33)14-18-8-11-22(28)23(29)12-18/h2-12,24H,13-16H2,1H3,(H,32,33)/t24-/m0/s1. The fourth-order valence-electron chi connectivity index (χ4n) is 4.26. The zero-order chi connectivity index (χ0) is 25.1. The van der Waals surface area contributed by atoms with Gasteiger partial charge in [-0.2, -0.15) is 0 Å². The van der Waals surface area contributed by atoms with Crippen LogP contribution < -0.4 is 0 Å². The van der Waals surface area contributed by atoms with Gasteiger partial charge in [-0.15, -0.1) is 0 Å². The molecule has 4 rings (SSSR count). The van der Waals surface area contributed by atoms with Gasteiger partial charge in [0.15, 0.2) is 0 Å². The molecule has 0 saturated heterocycles. The first kappa shape index (κ1) is 24.8. The van der Waals surface area contributed by atoms with Gasteiger partial charge in [-0.05, 0) is 47.9 Å². The Balaban J connectivity index is 1.68. The Kier molecular flexibility index (Phi) is 7.43. The number of carbonyl (C=O) groups excluding carboxylic acids is 2. The molecule has 1 aliphatic rings. The molecule has 180 valence electrons. The van der Waals surface area contributed by atoms with E-state index in [4.69, 9.17) is 23.2 Å². The van der Waals surface area contributed by atoms with Crippen LogP contribution in [0.15, 0.2) is 66.7 Å². The Morgan fingerprint density at radius 1 is 0.971 bits per heavy atom. The summed E-state index contributed by atoms with van der Waals surface area (Å²) in [6.45, 7) is 1.70. The van der Waals surface area contributed by atoms with Crippen LogP contribution in [0.5, 0.6) is 0 Å². The minimum Gasteiger partial charge on any atom is -0.480 e. The Morgan fingerprint density at radius 2 is 1.66 bits per heavy atom. The van der Waals surface area contributed by atoms with Gasteiger partial charge in [0.1, 0.15) is 12.6 Å². The summed E-state index contributed by atoms with van der Waals surface area (Å²) in [5.41, 5.74) is 4.06. The lowest BCUT2D eigenvalue weighted by Gasteiger charge is -2.38. The molecule has 0 fully saturated rings. The van der Waals surface area contributed by atoms with Crippen molar-refractivity contribution >= 4 is 41.0 Å². The van der Waals surface area contributed by atoms with E-state index in [1.54, 1.807) is 35.2 Å². The number of hydrogen-bond acceptors (Lipinski definition) is 3. The predicted molar refractivity (Wildman–Crippen MR) is 135 cm³/mol. The van der Waals surface area contributed by atoms with Gasteiger partial charge in [-0.1, -0.05) is 71.2 Å². The summed E-state index contributed by atoms with van der Waals surface area (Å²) in [6.07, 6.45) is 0.296. The number of carboxylic acids is 1. The van der Waals surface area contributed by atoms with Gasteiger partial charge in [-0.25, -0.2) is 0 Å². The summed E-state index contributed by atoms with van der Waals surface area (Å²) in [5.74, 6) is -1.86. The minimum absolute atomic E-state index is 0.0206. The van der Waals surface area contributed by atoms with Crippen molar-refractivity contribution in [3.8, 4) is 0 Å². The molecule has 0 unspecified atom stereocenters. The lowest BCUT2D eigenvalue weighted by molar-refractivity contribution is -0.147. The van der Waals surface area contributed by atoms with Crippen molar-refractivity contribution in [1.29, 1.82) is 0 Å². The number of rotatable bonds is 6. The maximum absolute atomic E-state index is 13.8. The minimum atomic E-state index is -1.15. The van der Waals surface area contributed by atoms with Crippen LogP contribution in [0, 0.1) is 6.92 Å². The molecule has 1 N–H and O–H groups in total. The molecule has 0 spiro atoms. The average Bonchev–Trinajstić information content (AvgIpc) is 2.84. The van der Waals surface area contributed by atoms with Crippen molar-refractivity contribution in [3.63, 3.8) is 0 Å². The van der Waals surface area contributed by atoms with Crippen molar-refractivity contribution in [1.82, 2.24) is 9.80 Å². The highest BCUT2D eigenvalue weighted by Crippen LogP contribution is 2.28. The van der Waals surface area contributed by atoms with Gasteiger partial charge >= 0.3 is 5.97 Å². The third kappa shape index (κ3) is 5.66. The van der Waals surface area contributed by atoms with E-state index < -0.39 is 24.5 Å². The number of aryl methyl sites for hydroxylation is 1. The number of carbonyl (C=O) groups is 3. The lowest BCUT2D eigenvalue weighted by Crippen LogP contribution is -2.54. The Labute approximate surface area is 213 Å². The quantitative estimate of drug-likeness (QED) is 0.507. The van der Waals surface area contributed by atoms with Gasteiger partial charge in [0.2, 0.25) is 5.91 Å². The van der Waals surface area contributed by atoms with Gasteiger partial charge in [0.05, 0.1) is 10.0 Å². The monoisotopic (exact) mass is 510 g/mol. The number of benzene rings is 3. The van der Waals surface area contributed by atoms with Crippen LogP contribution in [0.2, 0.25) is 10.0 Å². The summed E-state index contributed by atoms with van der Waals surface area (Å²) >= 11 is 12.1. The van der Waals surface area contributed by atoms with Crippen LogP contribution in [-0.4, -0.2) is 45.3 Å². The molecule has 35 heavy (non-hydrogen) atoms. The van der Waals surface area contributed by atoms with E-state index in [2.05, 4.69) is 0 Å². The van der Waals surface area contributed by atoms with Crippen molar-refractivity contribution < 1.29 is 19.5 Å². The van der Waals surface area contributed by atoms with Crippen molar-refractivity contribution in [3.05, 3.63) is 105 Å². The van der Waals surface area contributed by atoms with Crippen molar-refractivity contribution in [2.45, 2.75) is 32.5 Å². The van der Waals surface area contributed by atoms with Crippen molar-refractivity contribution in [2.75, 3.05) is 6.54 Å². The zero-order valence-electron chi connectivity index (χ0n) is 19.1. The first-order valence-electron chi connectivity index (χ1n) is 11.1. The van der Waals surface area contributed by atoms with Crippen LogP contribution in [0.4, 0.5) is 0 Å². The zero-order valence-corrected chi connectivity index (χ0v) is 20.6. The van der Waals surface area contributed by atoms with Crippen molar-refractivity contribution in [2.24, 2.45) is 0 Å². The molecule has 1 atom stereocenters. The lowest BCUT2D eigenvalue weighted by atomic mass is 9.92. The number of hydrogen-bond donors (Lipinski definition) is 1. The molecule has 0 bridgehead atoms. The fraction of sp³-hybridized carbons (Fsp3) is 0.222. The van der Waals surface area contributed by atoms with E-state index in [1.165, 1.54) is 4.90 Å². The van der Waals surface area contributed by atoms with E-state index in [1.807, 2.05) is 43.3 Å². The summed E-state index contributed by atoms with van der Waals surface area (Å²) in [4.78, 5) is 41.8. The number of aliphatic carboxylic acids is 1. The van der Waals surface area contributed by atoms with Gasteiger partial charge in [-0.3, -0.25) is 14.4 Å². The Morgan fingerprint density at radius 3 is 2.31 bits per heavy atom.